The van der Waals surface area contributed by atoms with Crippen molar-refractivity contribution < 1.29 is 4.74 Å². The van der Waals surface area contributed by atoms with Gasteiger partial charge in [0.15, 0.2) is 0 Å². The van der Waals surface area contributed by atoms with Crippen LogP contribution in [0.15, 0.2) is 30.5 Å². The Hall–Kier alpha value is -1.35. The molecule has 0 fully saturated rings. The summed E-state index contributed by atoms with van der Waals surface area (Å²) in [5, 5.41) is 0.810. The molecule has 0 aliphatic rings. The van der Waals surface area contributed by atoms with Crippen LogP contribution in [0, 0.1) is 20.8 Å². The highest BCUT2D eigenvalue weighted by Gasteiger charge is 2.06. The number of hydrogen-bond donors (Lipinski definition) is 0. The van der Waals surface area contributed by atoms with Gasteiger partial charge in [-0.3, -0.25) is 0 Å². The summed E-state index contributed by atoms with van der Waals surface area (Å²) in [4.78, 5) is 4.36. The van der Waals surface area contributed by atoms with E-state index in [2.05, 4.69) is 40.0 Å². The number of rotatable bonds is 3. The number of aromatic nitrogens is 1. The summed E-state index contributed by atoms with van der Waals surface area (Å²) in [5.41, 5.74) is 4.56. The predicted molar refractivity (Wildman–Crippen MR) is 77.6 cm³/mol. The molecule has 0 spiro atoms. The van der Waals surface area contributed by atoms with E-state index in [0.29, 0.717) is 5.88 Å². The first-order valence-electron chi connectivity index (χ1n) is 5.86. The zero-order valence-corrected chi connectivity index (χ0v) is 12.4. The highest BCUT2D eigenvalue weighted by molar-refractivity contribution is 9.08. The van der Waals surface area contributed by atoms with Gasteiger partial charge >= 0.3 is 0 Å². The lowest BCUT2D eigenvalue weighted by Gasteiger charge is -2.11. The number of pyridine rings is 1. The number of ether oxygens (including phenoxy) is 1. The fourth-order valence-corrected chi connectivity index (χ4v) is 2.13. The molecule has 2 rings (SSSR count). The monoisotopic (exact) mass is 305 g/mol. The van der Waals surface area contributed by atoms with E-state index >= 15 is 0 Å². The summed E-state index contributed by atoms with van der Waals surface area (Å²) in [5.74, 6) is 1.54. The van der Waals surface area contributed by atoms with Crippen molar-refractivity contribution >= 4 is 15.9 Å². The number of alkyl halides is 1. The molecule has 0 aliphatic heterocycles. The van der Waals surface area contributed by atoms with Crippen LogP contribution in [0.25, 0.3) is 0 Å². The van der Waals surface area contributed by atoms with Gasteiger partial charge < -0.3 is 4.74 Å². The molecule has 2 nitrogen and oxygen atoms in total. The Morgan fingerprint density at radius 1 is 1.11 bits per heavy atom. The molecule has 0 aliphatic carbocycles. The number of benzene rings is 1. The topological polar surface area (TPSA) is 22.1 Å². The zero-order valence-electron chi connectivity index (χ0n) is 10.8. The Morgan fingerprint density at radius 3 is 2.50 bits per heavy atom. The van der Waals surface area contributed by atoms with Gasteiger partial charge in [-0.2, -0.15) is 0 Å². The largest absolute Gasteiger partial charge is 0.438 e. The minimum Gasteiger partial charge on any atom is -0.438 e. The average Bonchev–Trinajstić information content (AvgIpc) is 2.34. The quantitative estimate of drug-likeness (QED) is 0.767. The van der Waals surface area contributed by atoms with E-state index < -0.39 is 0 Å². The van der Waals surface area contributed by atoms with Crippen LogP contribution in [0.4, 0.5) is 0 Å². The second kappa shape index (κ2) is 5.53. The molecule has 0 saturated heterocycles. The summed E-state index contributed by atoms with van der Waals surface area (Å²) in [7, 11) is 0. The summed E-state index contributed by atoms with van der Waals surface area (Å²) in [6, 6.07) is 8.23. The van der Waals surface area contributed by atoms with E-state index in [1.54, 1.807) is 0 Å². The third-order valence-electron chi connectivity index (χ3n) is 2.78. The van der Waals surface area contributed by atoms with Crippen molar-refractivity contribution in [1.82, 2.24) is 4.98 Å². The molecule has 94 valence electrons. The molecule has 2 aromatic rings. The molecule has 0 atom stereocenters. The maximum atomic E-state index is 5.87. The Kier molecular flexibility index (Phi) is 4.02. The molecule has 0 bridgehead atoms. The Labute approximate surface area is 116 Å². The van der Waals surface area contributed by atoms with Gasteiger partial charge in [0.1, 0.15) is 5.75 Å². The van der Waals surface area contributed by atoms with Crippen LogP contribution >= 0.6 is 15.9 Å². The van der Waals surface area contributed by atoms with Gasteiger partial charge in [0, 0.05) is 17.1 Å². The van der Waals surface area contributed by atoms with Gasteiger partial charge in [-0.25, -0.2) is 4.98 Å². The summed E-state index contributed by atoms with van der Waals surface area (Å²) >= 11 is 3.42. The molecule has 0 saturated carbocycles. The number of halogens is 1. The fourth-order valence-electron chi connectivity index (χ4n) is 1.82. The molecule has 1 aromatic heterocycles. The van der Waals surface area contributed by atoms with E-state index in [0.717, 1.165) is 27.8 Å². The first-order valence-corrected chi connectivity index (χ1v) is 6.99. The minimum absolute atomic E-state index is 0.673. The molecule has 0 unspecified atom stereocenters. The molecule has 18 heavy (non-hydrogen) atoms. The van der Waals surface area contributed by atoms with E-state index in [9.17, 15) is 0 Å². The normalized spacial score (nSPS) is 10.4. The molecule has 0 radical (unpaired) electrons. The minimum atomic E-state index is 0.673. The first-order chi connectivity index (χ1) is 8.60. The van der Waals surface area contributed by atoms with E-state index in [1.165, 1.54) is 5.56 Å². The van der Waals surface area contributed by atoms with Crippen molar-refractivity contribution in [1.29, 1.82) is 0 Å². The fraction of sp³-hybridized carbons (Fsp3) is 0.267. The maximum Gasteiger partial charge on any atom is 0.222 e. The predicted octanol–water partition coefficient (Wildman–Crippen LogP) is 4.69. The third-order valence-corrected chi connectivity index (χ3v) is 3.43. The zero-order chi connectivity index (χ0) is 13.1. The Balaban J connectivity index is 2.28. The van der Waals surface area contributed by atoms with Gasteiger partial charge in [-0.1, -0.05) is 33.6 Å². The van der Waals surface area contributed by atoms with E-state index in [1.807, 2.05) is 32.2 Å². The summed E-state index contributed by atoms with van der Waals surface area (Å²) in [6.45, 7) is 6.13. The van der Waals surface area contributed by atoms with Crippen LogP contribution in [0.5, 0.6) is 11.6 Å². The Bertz CT molecular complexity index is 566. The second-order valence-electron chi connectivity index (χ2n) is 4.47. The van der Waals surface area contributed by atoms with Crippen LogP contribution in [-0.2, 0) is 5.33 Å². The van der Waals surface area contributed by atoms with Crippen LogP contribution in [0.2, 0.25) is 0 Å². The highest BCUT2D eigenvalue weighted by Crippen LogP contribution is 2.27. The van der Waals surface area contributed by atoms with Crippen molar-refractivity contribution in [2.45, 2.75) is 26.1 Å². The molecule has 0 N–H and O–H groups in total. The average molecular weight is 306 g/mol. The van der Waals surface area contributed by atoms with Crippen LogP contribution < -0.4 is 4.74 Å². The standard InChI is InChI=1S/C15H16BrNO/c1-10-4-5-14(11(2)6-10)18-15-12(3)7-13(8-16)9-17-15/h4-7,9H,8H2,1-3H3. The van der Waals surface area contributed by atoms with Crippen LogP contribution in [0.3, 0.4) is 0 Å². The molecular weight excluding hydrogens is 290 g/mol. The molecule has 1 aromatic carbocycles. The maximum absolute atomic E-state index is 5.87. The van der Waals surface area contributed by atoms with Gasteiger partial charge in [-0.05, 0) is 44.0 Å². The van der Waals surface area contributed by atoms with Crippen LogP contribution in [-0.4, -0.2) is 4.98 Å². The molecule has 1 heterocycles. The van der Waals surface area contributed by atoms with Crippen molar-refractivity contribution in [2.75, 3.05) is 0 Å². The third kappa shape index (κ3) is 2.91. The van der Waals surface area contributed by atoms with Gasteiger partial charge in [0.05, 0.1) is 0 Å². The van der Waals surface area contributed by atoms with Gasteiger partial charge in [-0.15, -0.1) is 0 Å². The second-order valence-corrected chi connectivity index (χ2v) is 5.03. The van der Waals surface area contributed by atoms with Crippen molar-refractivity contribution in [3.63, 3.8) is 0 Å². The Morgan fingerprint density at radius 2 is 1.89 bits per heavy atom. The van der Waals surface area contributed by atoms with Crippen molar-refractivity contribution in [3.05, 3.63) is 52.7 Å². The van der Waals surface area contributed by atoms with Gasteiger partial charge in [0.25, 0.3) is 0 Å². The highest BCUT2D eigenvalue weighted by atomic mass is 79.9. The summed E-state index contributed by atoms with van der Waals surface area (Å²) in [6.07, 6.45) is 1.83. The molecule has 0 amide bonds. The van der Waals surface area contributed by atoms with E-state index in [-0.39, 0.29) is 0 Å². The van der Waals surface area contributed by atoms with E-state index in [4.69, 9.17) is 4.74 Å². The lowest BCUT2D eigenvalue weighted by Crippen LogP contribution is -1.94. The number of hydrogen-bond acceptors (Lipinski definition) is 2. The lowest BCUT2D eigenvalue weighted by atomic mass is 10.1. The van der Waals surface area contributed by atoms with Crippen molar-refractivity contribution in [2.24, 2.45) is 0 Å². The van der Waals surface area contributed by atoms with Gasteiger partial charge in [0.2, 0.25) is 5.88 Å². The molecule has 3 heteroatoms. The van der Waals surface area contributed by atoms with Crippen molar-refractivity contribution in [3.8, 4) is 11.6 Å². The van der Waals surface area contributed by atoms with Crippen LogP contribution in [0.1, 0.15) is 22.3 Å². The summed E-state index contributed by atoms with van der Waals surface area (Å²) < 4.78 is 5.87. The smallest absolute Gasteiger partial charge is 0.222 e. The SMILES string of the molecule is Cc1ccc(Oc2ncc(CBr)cc2C)c(C)c1. The number of nitrogens with zero attached hydrogens (tertiary/aromatic N) is 1. The first kappa shape index (κ1) is 13.1. The lowest BCUT2D eigenvalue weighted by molar-refractivity contribution is 0.455. The number of aryl methyl sites for hydroxylation is 3. The molecular formula is C15H16BrNO.